The summed E-state index contributed by atoms with van der Waals surface area (Å²) in [5.74, 6) is -1.27. The molecule has 0 saturated carbocycles. The summed E-state index contributed by atoms with van der Waals surface area (Å²) in [6, 6.07) is 15.8. The fourth-order valence-electron chi connectivity index (χ4n) is 5.17. The molecule has 0 atom stereocenters. The fourth-order valence-corrected chi connectivity index (χ4v) is 5.17. The summed E-state index contributed by atoms with van der Waals surface area (Å²) in [5, 5.41) is 23.8. The van der Waals surface area contributed by atoms with Crippen LogP contribution in [0.25, 0.3) is 33.2 Å². The Morgan fingerprint density at radius 1 is 1.10 bits per heavy atom. The SMILES string of the molecule is CC(C)COC(=O)NC1CCN(c2c(-c3cc(F)cc(F)c3)cnc3ccc(-c4cccc(C#N)c4O)cc23)CC1. The number of anilines is 1. The fraction of sp³-hybridized carbons (Fsp3) is 0.281. The van der Waals surface area contributed by atoms with Gasteiger partial charge in [-0.15, -0.1) is 0 Å². The molecule has 0 radical (unpaired) electrons. The van der Waals surface area contributed by atoms with E-state index in [1.165, 1.54) is 12.1 Å². The number of benzene rings is 3. The zero-order chi connectivity index (χ0) is 29.1. The summed E-state index contributed by atoms with van der Waals surface area (Å²) < 4.78 is 33.9. The lowest BCUT2D eigenvalue weighted by atomic mass is 9.95. The Morgan fingerprint density at radius 2 is 1.83 bits per heavy atom. The number of ether oxygens (including phenoxy) is 1. The minimum absolute atomic E-state index is 0.0738. The van der Waals surface area contributed by atoms with Crippen molar-refractivity contribution in [1.82, 2.24) is 10.3 Å². The second kappa shape index (κ2) is 11.8. The van der Waals surface area contributed by atoms with E-state index < -0.39 is 17.7 Å². The van der Waals surface area contributed by atoms with Crippen LogP contribution >= 0.6 is 0 Å². The first kappa shape index (κ1) is 27.8. The number of rotatable bonds is 6. The van der Waals surface area contributed by atoms with Crippen LogP contribution in [-0.4, -0.2) is 41.9 Å². The number of phenolic OH excluding ortho intramolecular Hbond substituents is 1. The van der Waals surface area contributed by atoms with Gasteiger partial charge >= 0.3 is 6.09 Å². The van der Waals surface area contributed by atoms with E-state index in [1.54, 1.807) is 24.4 Å². The second-order valence-corrected chi connectivity index (χ2v) is 10.6. The number of nitrogens with one attached hydrogen (secondary N) is 1. The molecular formula is C32H30F2N4O3. The van der Waals surface area contributed by atoms with E-state index in [4.69, 9.17) is 4.74 Å². The number of nitrogens with zero attached hydrogens (tertiary/aromatic N) is 3. The molecule has 3 aromatic carbocycles. The summed E-state index contributed by atoms with van der Waals surface area (Å²) in [7, 11) is 0. The lowest BCUT2D eigenvalue weighted by Crippen LogP contribution is -2.45. The molecule has 4 aromatic rings. The number of hydrogen-bond acceptors (Lipinski definition) is 6. The molecule has 2 heterocycles. The van der Waals surface area contributed by atoms with Crippen molar-refractivity contribution in [2.24, 2.45) is 5.92 Å². The summed E-state index contributed by atoms with van der Waals surface area (Å²) in [5.41, 5.74) is 3.64. The first-order chi connectivity index (χ1) is 19.7. The molecule has 41 heavy (non-hydrogen) atoms. The predicted molar refractivity (Wildman–Crippen MR) is 153 cm³/mol. The van der Waals surface area contributed by atoms with E-state index >= 15 is 0 Å². The Kier molecular flexibility index (Phi) is 8.02. The molecule has 5 rings (SSSR count). The molecule has 0 bridgehead atoms. The number of amides is 1. The first-order valence-corrected chi connectivity index (χ1v) is 13.5. The topological polar surface area (TPSA) is 98.5 Å². The van der Waals surface area contributed by atoms with Crippen molar-refractivity contribution in [2.75, 3.05) is 24.6 Å². The standard InChI is InChI=1S/C32H30F2N4O3/c1-19(2)18-41-32(40)37-25-8-10-38(11-9-25)30-27-14-20(26-5-3-4-21(16-35)31(26)39)6-7-29(27)36-17-28(30)22-12-23(33)15-24(34)13-22/h3-7,12-15,17,19,25,39H,8-11,18H2,1-2H3,(H,37,40). The average molecular weight is 557 g/mol. The molecule has 1 amide bonds. The van der Waals surface area contributed by atoms with Gasteiger partial charge in [-0.3, -0.25) is 4.98 Å². The monoisotopic (exact) mass is 556 g/mol. The van der Waals surface area contributed by atoms with E-state index in [0.717, 1.165) is 17.1 Å². The molecular weight excluding hydrogens is 526 g/mol. The number of carbonyl (C=O) groups is 1. The van der Waals surface area contributed by atoms with Crippen molar-refractivity contribution in [3.63, 3.8) is 0 Å². The van der Waals surface area contributed by atoms with Gasteiger partial charge < -0.3 is 20.1 Å². The van der Waals surface area contributed by atoms with Crippen molar-refractivity contribution < 1.29 is 23.4 Å². The smallest absolute Gasteiger partial charge is 0.407 e. The van der Waals surface area contributed by atoms with Crippen LogP contribution in [0.3, 0.4) is 0 Å². The van der Waals surface area contributed by atoms with Crippen molar-refractivity contribution in [2.45, 2.75) is 32.7 Å². The molecule has 0 aliphatic carbocycles. The largest absolute Gasteiger partial charge is 0.506 e. The number of carbonyl (C=O) groups excluding carboxylic acids is 1. The molecule has 2 N–H and O–H groups in total. The van der Waals surface area contributed by atoms with Crippen molar-refractivity contribution in [1.29, 1.82) is 5.26 Å². The van der Waals surface area contributed by atoms with Gasteiger partial charge in [0, 0.05) is 47.9 Å². The Hall–Kier alpha value is -4.71. The number of piperidine rings is 1. The number of nitriles is 1. The first-order valence-electron chi connectivity index (χ1n) is 13.5. The van der Waals surface area contributed by atoms with E-state index in [2.05, 4.69) is 15.2 Å². The second-order valence-electron chi connectivity index (χ2n) is 10.6. The Balaban J connectivity index is 1.56. The van der Waals surface area contributed by atoms with E-state index in [1.807, 2.05) is 38.1 Å². The number of halogens is 2. The minimum Gasteiger partial charge on any atom is -0.506 e. The molecule has 1 fully saturated rings. The number of alkyl carbamates (subject to hydrolysis) is 1. The van der Waals surface area contributed by atoms with Crippen molar-refractivity contribution in [3.05, 3.63) is 78.0 Å². The third kappa shape index (κ3) is 6.07. The van der Waals surface area contributed by atoms with Crippen LogP contribution in [0.15, 0.2) is 60.8 Å². The van der Waals surface area contributed by atoms with Gasteiger partial charge in [0.2, 0.25) is 0 Å². The van der Waals surface area contributed by atoms with Gasteiger partial charge in [-0.05, 0) is 60.2 Å². The maximum Gasteiger partial charge on any atom is 0.407 e. The Morgan fingerprint density at radius 3 is 2.51 bits per heavy atom. The lowest BCUT2D eigenvalue weighted by Gasteiger charge is -2.35. The lowest BCUT2D eigenvalue weighted by molar-refractivity contribution is 0.128. The number of pyridine rings is 1. The van der Waals surface area contributed by atoms with Gasteiger partial charge in [0.05, 0.1) is 23.4 Å². The van der Waals surface area contributed by atoms with Gasteiger partial charge in [-0.2, -0.15) is 5.26 Å². The van der Waals surface area contributed by atoms with E-state index in [0.29, 0.717) is 60.3 Å². The zero-order valence-electron chi connectivity index (χ0n) is 22.8. The maximum atomic E-state index is 14.3. The third-order valence-corrected chi connectivity index (χ3v) is 7.16. The Bertz CT molecular complexity index is 1620. The number of fused-ring (bicyclic) bond motifs is 1. The molecule has 210 valence electrons. The van der Waals surface area contributed by atoms with Gasteiger partial charge in [0.15, 0.2) is 0 Å². The summed E-state index contributed by atoms with van der Waals surface area (Å²) >= 11 is 0. The quantitative estimate of drug-likeness (QED) is 0.272. The van der Waals surface area contributed by atoms with Gasteiger partial charge in [-0.25, -0.2) is 13.6 Å². The van der Waals surface area contributed by atoms with Crippen LogP contribution in [0.1, 0.15) is 32.3 Å². The van der Waals surface area contributed by atoms with Crippen LogP contribution in [-0.2, 0) is 4.74 Å². The van der Waals surface area contributed by atoms with Crippen molar-refractivity contribution in [3.8, 4) is 34.1 Å². The average Bonchev–Trinajstić information content (AvgIpc) is 2.95. The van der Waals surface area contributed by atoms with Crippen LogP contribution in [0.5, 0.6) is 5.75 Å². The number of aromatic hydroxyl groups is 1. The van der Waals surface area contributed by atoms with Crippen molar-refractivity contribution >= 4 is 22.7 Å². The highest BCUT2D eigenvalue weighted by Gasteiger charge is 2.26. The molecule has 1 aliphatic rings. The molecule has 0 unspecified atom stereocenters. The molecule has 0 spiro atoms. The minimum atomic E-state index is -0.694. The molecule has 1 saturated heterocycles. The van der Waals surface area contributed by atoms with Crippen LogP contribution in [0.4, 0.5) is 19.3 Å². The molecule has 1 aromatic heterocycles. The number of para-hydroxylation sites is 1. The van der Waals surface area contributed by atoms with Gasteiger partial charge in [0.25, 0.3) is 0 Å². The molecule has 7 nitrogen and oxygen atoms in total. The highest BCUT2D eigenvalue weighted by atomic mass is 19.1. The third-order valence-electron chi connectivity index (χ3n) is 7.16. The summed E-state index contributed by atoms with van der Waals surface area (Å²) in [6.45, 7) is 5.42. The van der Waals surface area contributed by atoms with E-state index in [9.17, 15) is 23.9 Å². The number of phenols is 1. The van der Waals surface area contributed by atoms with E-state index in [-0.39, 0.29) is 23.3 Å². The van der Waals surface area contributed by atoms with Gasteiger partial charge in [0.1, 0.15) is 23.5 Å². The van der Waals surface area contributed by atoms with Crippen LogP contribution < -0.4 is 10.2 Å². The molecule has 1 aliphatic heterocycles. The number of aromatic nitrogens is 1. The van der Waals surface area contributed by atoms with Crippen LogP contribution in [0, 0.1) is 28.9 Å². The normalized spacial score (nSPS) is 13.8. The zero-order valence-corrected chi connectivity index (χ0v) is 22.8. The Labute approximate surface area is 237 Å². The van der Waals surface area contributed by atoms with Crippen LogP contribution in [0.2, 0.25) is 0 Å². The summed E-state index contributed by atoms with van der Waals surface area (Å²) in [4.78, 5) is 18.9. The van der Waals surface area contributed by atoms with Gasteiger partial charge in [-0.1, -0.05) is 32.0 Å². The number of hydrogen-bond donors (Lipinski definition) is 2. The summed E-state index contributed by atoms with van der Waals surface area (Å²) in [6.07, 6.45) is 2.46. The maximum absolute atomic E-state index is 14.3. The predicted octanol–water partition coefficient (Wildman–Crippen LogP) is 6.78. The highest BCUT2D eigenvalue weighted by molar-refractivity contribution is 6.02. The molecule has 9 heteroatoms. The highest BCUT2D eigenvalue weighted by Crippen LogP contribution is 2.41.